The van der Waals surface area contributed by atoms with Crippen molar-refractivity contribution in [2.24, 2.45) is 0 Å². The Morgan fingerprint density at radius 2 is 1.93 bits per heavy atom. The lowest BCUT2D eigenvalue weighted by molar-refractivity contribution is -0.166. The second-order valence-electron chi connectivity index (χ2n) is 3.08. The molecule has 1 atom stereocenters. The highest BCUT2D eigenvalue weighted by Gasteiger charge is 2.20. The van der Waals surface area contributed by atoms with Gasteiger partial charge in [-0.2, -0.15) is 0 Å². The normalized spacial score (nSPS) is 13.2. The minimum absolute atomic E-state index is 0.654. The van der Waals surface area contributed by atoms with E-state index in [0.29, 0.717) is 5.56 Å². The zero-order valence-corrected chi connectivity index (χ0v) is 8.60. The Hall–Kier alpha value is -0.970. The largest absolute Gasteiger partial charge is 0.383 e. The second-order valence-corrected chi connectivity index (χ2v) is 3.08. The number of rotatable bonds is 4. The molecule has 0 aliphatic heterocycles. The van der Waals surface area contributed by atoms with Crippen molar-refractivity contribution in [3.05, 3.63) is 29.6 Å². The van der Waals surface area contributed by atoms with Gasteiger partial charge in [-0.1, -0.05) is 6.07 Å². The first kappa shape index (κ1) is 11.1. The number of hydrogen-bond acceptors (Lipinski definition) is 4. The van der Waals surface area contributed by atoms with Gasteiger partial charge in [0, 0.05) is 32.2 Å². The molecule has 1 aromatic heterocycles. The van der Waals surface area contributed by atoms with Crippen molar-refractivity contribution >= 4 is 0 Å². The fourth-order valence-electron chi connectivity index (χ4n) is 1.25. The van der Waals surface area contributed by atoms with Crippen LogP contribution in [0.25, 0.3) is 0 Å². The van der Waals surface area contributed by atoms with Gasteiger partial charge in [0.1, 0.15) is 6.10 Å². The Balaban J connectivity index is 2.82. The molecule has 4 heteroatoms. The van der Waals surface area contributed by atoms with Gasteiger partial charge in [0.05, 0.1) is 0 Å². The lowest BCUT2D eigenvalue weighted by atomic mass is 10.1. The van der Waals surface area contributed by atoms with Crippen LogP contribution in [-0.2, 0) is 9.47 Å². The SMILES string of the molecule is COC(OC)C(O)c1cncc(C)c1. The molecule has 0 amide bonds. The number of aliphatic hydroxyl groups is 1. The van der Waals surface area contributed by atoms with Crippen molar-refractivity contribution in [2.75, 3.05) is 14.2 Å². The molecule has 4 nitrogen and oxygen atoms in total. The predicted octanol–water partition coefficient (Wildman–Crippen LogP) is 1.04. The number of ether oxygens (including phenoxy) is 2. The van der Waals surface area contributed by atoms with Crippen molar-refractivity contribution in [1.29, 1.82) is 0 Å². The molecule has 0 radical (unpaired) electrons. The third-order valence-electron chi connectivity index (χ3n) is 1.96. The first-order chi connectivity index (χ1) is 6.69. The Labute approximate surface area is 83.5 Å². The Bertz CT molecular complexity index is 286. The quantitative estimate of drug-likeness (QED) is 0.733. The van der Waals surface area contributed by atoms with Crippen molar-refractivity contribution in [2.45, 2.75) is 19.3 Å². The second kappa shape index (κ2) is 5.05. The van der Waals surface area contributed by atoms with Gasteiger partial charge in [-0.05, 0) is 12.5 Å². The van der Waals surface area contributed by atoms with Crippen LogP contribution in [0.2, 0.25) is 0 Å². The van der Waals surface area contributed by atoms with E-state index in [1.807, 2.05) is 13.0 Å². The number of methoxy groups -OCH3 is 2. The van der Waals surface area contributed by atoms with E-state index in [0.717, 1.165) is 5.56 Å². The van der Waals surface area contributed by atoms with Gasteiger partial charge in [-0.3, -0.25) is 4.98 Å². The lowest BCUT2D eigenvalue weighted by Gasteiger charge is -2.19. The number of hydrogen-bond donors (Lipinski definition) is 1. The topological polar surface area (TPSA) is 51.6 Å². The average Bonchev–Trinajstić information content (AvgIpc) is 2.19. The standard InChI is InChI=1S/C10H15NO3/c1-7-4-8(6-11-5-7)9(12)10(13-2)14-3/h4-6,9-10,12H,1-3H3. The van der Waals surface area contributed by atoms with Gasteiger partial charge in [0.25, 0.3) is 0 Å². The molecule has 0 aromatic carbocycles. The molecule has 0 saturated carbocycles. The van der Waals surface area contributed by atoms with Crippen molar-refractivity contribution in [3.63, 3.8) is 0 Å². The summed E-state index contributed by atoms with van der Waals surface area (Å²) in [5, 5.41) is 9.81. The van der Waals surface area contributed by atoms with E-state index in [-0.39, 0.29) is 0 Å². The Kier molecular flexibility index (Phi) is 4.00. The zero-order valence-electron chi connectivity index (χ0n) is 8.60. The fourth-order valence-corrected chi connectivity index (χ4v) is 1.25. The summed E-state index contributed by atoms with van der Waals surface area (Å²) in [5.74, 6) is 0. The van der Waals surface area contributed by atoms with Crippen LogP contribution in [0.1, 0.15) is 17.2 Å². The maximum absolute atomic E-state index is 9.81. The van der Waals surface area contributed by atoms with Crippen molar-refractivity contribution in [3.8, 4) is 0 Å². The smallest absolute Gasteiger partial charge is 0.187 e. The molecule has 1 heterocycles. The van der Waals surface area contributed by atoms with Gasteiger partial charge < -0.3 is 14.6 Å². The van der Waals surface area contributed by atoms with E-state index in [1.165, 1.54) is 14.2 Å². The summed E-state index contributed by atoms with van der Waals surface area (Å²) >= 11 is 0. The van der Waals surface area contributed by atoms with Crippen molar-refractivity contribution in [1.82, 2.24) is 4.98 Å². The van der Waals surface area contributed by atoms with E-state index < -0.39 is 12.4 Å². The average molecular weight is 197 g/mol. The molecule has 0 aliphatic rings. The van der Waals surface area contributed by atoms with Crippen LogP contribution in [0.15, 0.2) is 18.5 Å². The zero-order chi connectivity index (χ0) is 10.6. The lowest BCUT2D eigenvalue weighted by Crippen LogP contribution is -2.22. The third-order valence-corrected chi connectivity index (χ3v) is 1.96. The van der Waals surface area contributed by atoms with E-state index in [4.69, 9.17) is 9.47 Å². The summed E-state index contributed by atoms with van der Waals surface area (Å²) in [6.45, 7) is 1.91. The summed E-state index contributed by atoms with van der Waals surface area (Å²) in [4.78, 5) is 3.99. The summed E-state index contributed by atoms with van der Waals surface area (Å²) in [6.07, 6.45) is 1.86. The molecule has 1 N–H and O–H groups in total. The van der Waals surface area contributed by atoms with Crippen molar-refractivity contribution < 1.29 is 14.6 Å². The molecule has 0 spiro atoms. The highest BCUT2D eigenvalue weighted by Crippen LogP contribution is 2.18. The Morgan fingerprint density at radius 1 is 1.29 bits per heavy atom. The number of aryl methyl sites for hydroxylation is 1. The molecule has 0 aliphatic carbocycles. The minimum atomic E-state index is -0.808. The van der Waals surface area contributed by atoms with E-state index >= 15 is 0 Å². The van der Waals surface area contributed by atoms with Crippen LogP contribution in [0.3, 0.4) is 0 Å². The van der Waals surface area contributed by atoms with Crippen LogP contribution in [0.4, 0.5) is 0 Å². The summed E-state index contributed by atoms with van der Waals surface area (Å²) in [6, 6.07) is 1.85. The molecule has 0 fully saturated rings. The summed E-state index contributed by atoms with van der Waals surface area (Å²) in [7, 11) is 2.97. The number of aliphatic hydroxyl groups excluding tert-OH is 1. The molecule has 78 valence electrons. The van der Waals surface area contributed by atoms with Crippen LogP contribution >= 0.6 is 0 Å². The van der Waals surface area contributed by atoms with Gasteiger partial charge >= 0.3 is 0 Å². The molecule has 0 bridgehead atoms. The van der Waals surface area contributed by atoms with E-state index in [2.05, 4.69) is 4.98 Å². The predicted molar refractivity (Wildman–Crippen MR) is 51.7 cm³/mol. The Morgan fingerprint density at radius 3 is 2.43 bits per heavy atom. The molecular formula is C10H15NO3. The van der Waals surface area contributed by atoms with Crippen LogP contribution < -0.4 is 0 Å². The minimum Gasteiger partial charge on any atom is -0.383 e. The maximum Gasteiger partial charge on any atom is 0.187 e. The summed E-state index contributed by atoms with van der Waals surface area (Å²) in [5.41, 5.74) is 1.69. The highest BCUT2D eigenvalue weighted by molar-refractivity contribution is 5.19. The molecular weight excluding hydrogens is 182 g/mol. The van der Waals surface area contributed by atoms with Gasteiger partial charge in [-0.15, -0.1) is 0 Å². The summed E-state index contributed by atoms with van der Waals surface area (Å²) < 4.78 is 9.91. The molecule has 14 heavy (non-hydrogen) atoms. The molecule has 1 unspecified atom stereocenters. The fraction of sp³-hybridized carbons (Fsp3) is 0.500. The van der Waals surface area contributed by atoms with Crippen LogP contribution in [0.5, 0.6) is 0 Å². The van der Waals surface area contributed by atoms with E-state index in [1.54, 1.807) is 12.4 Å². The number of nitrogens with zero attached hydrogens (tertiary/aromatic N) is 1. The highest BCUT2D eigenvalue weighted by atomic mass is 16.7. The van der Waals surface area contributed by atoms with Gasteiger partial charge in [0.2, 0.25) is 0 Å². The maximum atomic E-state index is 9.81. The number of aromatic nitrogens is 1. The van der Waals surface area contributed by atoms with Crippen LogP contribution in [-0.4, -0.2) is 30.6 Å². The molecule has 1 rings (SSSR count). The van der Waals surface area contributed by atoms with Gasteiger partial charge in [0.15, 0.2) is 6.29 Å². The van der Waals surface area contributed by atoms with Crippen LogP contribution in [0, 0.1) is 6.92 Å². The van der Waals surface area contributed by atoms with Gasteiger partial charge in [-0.25, -0.2) is 0 Å². The number of pyridine rings is 1. The van der Waals surface area contributed by atoms with E-state index in [9.17, 15) is 5.11 Å². The molecule has 1 aromatic rings. The first-order valence-corrected chi connectivity index (χ1v) is 4.34. The first-order valence-electron chi connectivity index (χ1n) is 4.34. The monoisotopic (exact) mass is 197 g/mol. The molecule has 0 saturated heterocycles. The third kappa shape index (κ3) is 2.51.